The molecule has 2 fully saturated rings. The fourth-order valence-corrected chi connectivity index (χ4v) is 6.15. The molecule has 17 heteroatoms. The van der Waals surface area contributed by atoms with Crippen LogP contribution in [0, 0.1) is 32.1 Å². The van der Waals surface area contributed by atoms with E-state index >= 15 is 0 Å². The molecule has 0 radical (unpaired) electrons. The van der Waals surface area contributed by atoms with Gasteiger partial charge in [-0.2, -0.15) is 0 Å². The van der Waals surface area contributed by atoms with Gasteiger partial charge in [0.25, 0.3) is 11.4 Å². The number of hydrogen-bond donors (Lipinski definition) is 4. The van der Waals surface area contributed by atoms with Crippen LogP contribution >= 0.6 is 11.8 Å². The summed E-state index contributed by atoms with van der Waals surface area (Å²) < 4.78 is 0. The molecule has 2 aliphatic heterocycles. The van der Waals surface area contributed by atoms with Crippen molar-refractivity contribution in [1.82, 2.24) is 9.80 Å². The fraction of sp³-hybridized carbons (Fsp3) is 0.333. The monoisotopic (exact) mass is 670 g/mol. The van der Waals surface area contributed by atoms with Gasteiger partial charge in [0.15, 0.2) is 0 Å². The van der Waals surface area contributed by atoms with Gasteiger partial charge >= 0.3 is 11.9 Å². The predicted octanol–water partition coefficient (Wildman–Crippen LogP) is 2.27. The average molecular weight is 671 g/mol. The van der Waals surface area contributed by atoms with Crippen molar-refractivity contribution in [2.75, 3.05) is 26.2 Å². The van der Waals surface area contributed by atoms with Crippen LogP contribution in [0.25, 0.3) is 12.2 Å². The molecule has 0 saturated carbocycles. The Kier molecular flexibility index (Phi) is 11.1. The third kappa shape index (κ3) is 8.57. The molecule has 0 aliphatic carbocycles. The number of rotatable bonds is 10. The molecule has 0 bridgehead atoms. The van der Waals surface area contributed by atoms with Crippen LogP contribution in [0.5, 0.6) is 0 Å². The van der Waals surface area contributed by atoms with Crippen molar-refractivity contribution in [2.24, 2.45) is 11.8 Å². The second-order valence-corrected chi connectivity index (χ2v) is 12.0. The lowest BCUT2D eigenvalue weighted by Crippen LogP contribution is -2.48. The highest BCUT2D eigenvalue weighted by Gasteiger charge is 2.35. The van der Waals surface area contributed by atoms with Crippen molar-refractivity contribution in [1.29, 1.82) is 0 Å². The van der Waals surface area contributed by atoms with Crippen LogP contribution < -0.4 is 0 Å². The van der Waals surface area contributed by atoms with Crippen molar-refractivity contribution in [3.05, 3.63) is 79.9 Å². The number of nitro groups is 2. The van der Waals surface area contributed by atoms with Crippen molar-refractivity contribution < 1.29 is 49.5 Å². The van der Waals surface area contributed by atoms with Crippen molar-refractivity contribution >= 4 is 59.0 Å². The van der Waals surface area contributed by atoms with E-state index in [1.165, 1.54) is 58.4 Å². The first-order chi connectivity index (χ1) is 22.2. The van der Waals surface area contributed by atoms with Gasteiger partial charge < -0.3 is 30.2 Å². The van der Waals surface area contributed by atoms with Crippen LogP contribution in [0.15, 0.2) is 58.3 Å². The van der Waals surface area contributed by atoms with E-state index in [4.69, 9.17) is 0 Å². The maximum atomic E-state index is 12.6. The number of amides is 2. The summed E-state index contributed by atoms with van der Waals surface area (Å²) in [6.45, 7) is -0.0835. The minimum Gasteiger partial charge on any atom is -0.481 e. The summed E-state index contributed by atoms with van der Waals surface area (Å²) >= 11 is 0.775. The highest BCUT2D eigenvalue weighted by molar-refractivity contribution is 7.99. The molecule has 2 aromatic rings. The van der Waals surface area contributed by atoms with Crippen LogP contribution in [0.3, 0.4) is 0 Å². The SMILES string of the molecule is O=C(O)C1CN(C(=O)/C=C/c2ccc(Sc3ccc(/C=C/C(=O)N4CCC(O)C(C(=O)O)C4)cc3[N+](=O)[O-])c([N+](=O)[O-])c2)CCC1O. The average Bonchev–Trinajstić information content (AvgIpc) is 3.03. The summed E-state index contributed by atoms with van der Waals surface area (Å²) in [5, 5.41) is 62.0. The van der Waals surface area contributed by atoms with Gasteiger partial charge in [0, 0.05) is 50.5 Å². The van der Waals surface area contributed by atoms with E-state index in [0.29, 0.717) is 0 Å². The van der Waals surface area contributed by atoms with Crippen molar-refractivity contribution in [3.8, 4) is 0 Å². The standard InChI is InChI=1S/C30H30N4O12S/c35-23-9-11-31(15-19(23)29(39)40)27(37)7-3-17-1-5-25(21(13-17)33(43)44)47-26-6-2-18(14-22(26)34(45)46)4-8-28(38)32-12-10-24(36)20(16-32)30(41)42/h1-8,13-14,19-20,23-24,35-36H,9-12,15-16H2,(H,39,40)(H,41,42)/b7-3+,8-4+. The van der Waals surface area contributed by atoms with Gasteiger partial charge in [-0.15, -0.1) is 0 Å². The van der Waals surface area contributed by atoms with E-state index < -0.39 is 57.6 Å². The number of carbonyl (C=O) groups is 4. The number of likely N-dealkylation sites (tertiary alicyclic amines) is 2. The molecule has 2 aliphatic rings. The topological polar surface area (TPSA) is 242 Å². The van der Waals surface area contributed by atoms with Gasteiger partial charge in [0.2, 0.25) is 11.8 Å². The Morgan fingerprint density at radius 3 is 1.45 bits per heavy atom. The Morgan fingerprint density at radius 1 is 0.723 bits per heavy atom. The Balaban J connectivity index is 1.48. The summed E-state index contributed by atoms with van der Waals surface area (Å²) in [5.74, 6) is -5.77. The van der Waals surface area contributed by atoms with E-state index in [1.54, 1.807) is 0 Å². The molecule has 4 rings (SSSR count). The smallest absolute Gasteiger partial charge is 0.310 e. The highest BCUT2D eigenvalue weighted by atomic mass is 32.2. The molecule has 0 aromatic heterocycles. The minimum atomic E-state index is -1.23. The number of carbonyl (C=O) groups excluding carboxylic acids is 2. The minimum absolute atomic E-state index is 0.0784. The lowest BCUT2D eigenvalue weighted by atomic mass is 9.95. The molecular weight excluding hydrogens is 640 g/mol. The molecular formula is C30H30N4O12S. The number of aliphatic hydroxyl groups is 2. The molecule has 4 unspecified atom stereocenters. The van der Waals surface area contributed by atoms with E-state index in [1.807, 2.05) is 0 Å². The lowest BCUT2D eigenvalue weighted by Gasteiger charge is -2.33. The summed E-state index contributed by atoms with van der Waals surface area (Å²) in [5.41, 5.74) is -0.212. The van der Waals surface area contributed by atoms with Crippen LogP contribution in [0.2, 0.25) is 0 Å². The molecule has 0 spiro atoms. The largest absolute Gasteiger partial charge is 0.481 e. The highest BCUT2D eigenvalue weighted by Crippen LogP contribution is 2.40. The van der Waals surface area contributed by atoms with Crippen LogP contribution in [0.1, 0.15) is 24.0 Å². The lowest BCUT2D eigenvalue weighted by molar-refractivity contribution is -0.388. The zero-order chi connectivity index (χ0) is 34.4. The number of carboxylic acid groups (broad SMARTS) is 2. The third-order valence-electron chi connectivity index (χ3n) is 7.83. The van der Waals surface area contributed by atoms with Crippen LogP contribution in [-0.2, 0) is 19.2 Å². The fourth-order valence-electron chi connectivity index (χ4n) is 5.16. The van der Waals surface area contributed by atoms with E-state index in [2.05, 4.69) is 0 Å². The normalized spacial score (nSPS) is 21.6. The molecule has 4 atom stereocenters. The number of piperidine rings is 2. The predicted molar refractivity (Wildman–Crippen MR) is 165 cm³/mol. The Morgan fingerprint density at radius 2 is 1.11 bits per heavy atom. The van der Waals surface area contributed by atoms with Gasteiger partial charge in [-0.1, -0.05) is 23.9 Å². The number of nitrogens with zero attached hydrogens (tertiary/aromatic N) is 4. The number of hydrogen-bond acceptors (Lipinski definition) is 11. The zero-order valence-electron chi connectivity index (χ0n) is 24.6. The molecule has 47 heavy (non-hydrogen) atoms. The third-order valence-corrected chi connectivity index (χ3v) is 8.96. The first-order valence-corrected chi connectivity index (χ1v) is 15.1. The van der Waals surface area contributed by atoms with Crippen LogP contribution in [-0.4, -0.2) is 102 Å². The number of carboxylic acids is 2. The number of benzene rings is 2. The van der Waals surface area contributed by atoms with Crippen molar-refractivity contribution in [2.45, 2.75) is 34.8 Å². The molecule has 2 aromatic carbocycles. The first kappa shape index (κ1) is 34.7. The summed E-state index contributed by atoms with van der Waals surface area (Å²) in [4.78, 5) is 73.1. The number of aliphatic hydroxyl groups excluding tert-OH is 2. The van der Waals surface area contributed by atoms with E-state index in [9.17, 15) is 59.8 Å². The number of nitro benzene ring substituents is 2. The van der Waals surface area contributed by atoms with Crippen molar-refractivity contribution in [3.63, 3.8) is 0 Å². The zero-order valence-corrected chi connectivity index (χ0v) is 25.4. The van der Waals surface area contributed by atoms with Gasteiger partial charge in [-0.3, -0.25) is 39.4 Å². The Bertz CT molecular complexity index is 1540. The molecule has 4 N–H and O–H groups in total. The quantitative estimate of drug-likeness (QED) is 0.161. The Labute approximate surface area is 270 Å². The molecule has 16 nitrogen and oxygen atoms in total. The maximum absolute atomic E-state index is 12.6. The van der Waals surface area contributed by atoms with Gasteiger partial charge in [0.1, 0.15) is 11.8 Å². The van der Waals surface area contributed by atoms with Gasteiger partial charge in [-0.05, 0) is 48.3 Å². The van der Waals surface area contributed by atoms with E-state index in [-0.39, 0.29) is 71.3 Å². The van der Waals surface area contributed by atoms with E-state index in [0.717, 1.165) is 23.9 Å². The van der Waals surface area contributed by atoms with Gasteiger partial charge in [-0.25, -0.2) is 0 Å². The maximum Gasteiger partial charge on any atom is 0.310 e. The number of aliphatic carboxylic acids is 2. The second-order valence-electron chi connectivity index (χ2n) is 10.9. The molecule has 2 amide bonds. The summed E-state index contributed by atoms with van der Waals surface area (Å²) in [7, 11) is 0. The van der Waals surface area contributed by atoms with Crippen LogP contribution in [0.4, 0.5) is 11.4 Å². The first-order valence-electron chi connectivity index (χ1n) is 14.3. The summed E-state index contributed by atoms with van der Waals surface area (Å²) in [6.07, 6.45) is 2.97. The second kappa shape index (κ2) is 15.0. The summed E-state index contributed by atoms with van der Waals surface area (Å²) in [6, 6.07) is 8.08. The molecule has 2 heterocycles. The molecule has 2 saturated heterocycles. The molecule has 248 valence electrons. The van der Waals surface area contributed by atoms with Gasteiger partial charge in [0.05, 0.1) is 31.8 Å². The Hall–Kier alpha value is -5.13.